The van der Waals surface area contributed by atoms with Gasteiger partial charge in [-0.05, 0) is 30.2 Å². The van der Waals surface area contributed by atoms with E-state index in [0.29, 0.717) is 35.1 Å². The smallest absolute Gasteiger partial charge is 0.205 e. The number of nitriles is 1. The number of hydrogen-bond acceptors (Lipinski definition) is 6. The minimum absolute atomic E-state index is 0.0875. The van der Waals surface area contributed by atoms with E-state index in [2.05, 4.69) is 13.0 Å². The van der Waals surface area contributed by atoms with Crippen molar-refractivity contribution in [2.24, 2.45) is 5.73 Å². The van der Waals surface area contributed by atoms with Crippen molar-refractivity contribution in [3.05, 3.63) is 59.0 Å². The highest BCUT2D eigenvalue weighted by molar-refractivity contribution is 5.60. The van der Waals surface area contributed by atoms with Crippen molar-refractivity contribution in [1.82, 2.24) is 0 Å². The highest BCUT2D eigenvalue weighted by Gasteiger charge is 2.31. The lowest BCUT2D eigenvalue weighted by Gasteiger charge is -2.27. The van der Waals surface area contributed by atoms with Crippen LogP contribution in [0.3, 0.4) is 0 Å². The van der Waals surface area contributed by atoms with Gasteiger partial charge in [0.25, 0.3) is 0 Å². The van der Waals surface area contributed by atoms with Crippen molar-refractivity contribution in [1.29, 1.82) is 5.26 Å². The van der Waals surface area contributed by atoms with E-state index in [1.54, 1.807) is 19.2 Å². The van der Waals surface area contributed by atoms with Crippen molar-refractivity contribution in [3.63, 3.8) is 0 Å². The molecule has 2 aromatic rings. The molecule has 1 unspecified atom stereocenters. The molecule has 0 aliphatic carbocycles. The van der Waals surface area contributed by atoms with Crippen LogP contribution in [0.5, 0.6) is 17.2 Å². The topological polar surface area (TPSA) is 104 Å². The quantitative estimate of drug-likeness (QED) is 0.555. The van der Waals surface area contributed by atoms with Crippen LogP contribution in [0.2, 0.25) is 0 Å². The first kappa shape index (κ1) is 19.4. The zero-order valence-corrected chi connectivity index (χ0v) is 16.2. The van der Waals surface area contributed by atoms with Crippen molar-refractivity contribution in [3.8, 4) is 23.3 Å². The van der Waals surface area contributed by atoms with E-state index in [0.717, 1.165) is 30.4 Å². The van der Waals surface area contributed by atoms with Crippen molar-refractivity contribution in [2.75, 3.05) is 19.5 Å². The van der Waals surface area contributed by atoms with Crippen molar-refractivity contribution >= 4 is 5.69 Å². The van der Waals surface area contributed by atoms with Crippen LogP contribution in [-0.2, 0) is 0 Å². The highest BCUT2D eigenvalue weighted by Crippen LogP contribution is 2.44. The van der Waals surface area contributed by atoms with E-state index in [-0.39, 0.29) is 11.8 Å². The van der Waals surface area contributed by atoms with E-state index in [4.69, 9.17) is 25.7 Å². The van der Waals surface area contributed by atoms with Crippen molar-refractivity contribution < 1.29 is 14.2 Å². The fourth-order valence-electron chi connectivity index (χ4n) is 3.33. The standard InChI is InChI=1S/C22H25N3O3/c1-3-4-5-10-27-18-9-6-14(11-20(18)26-2)21-16-8-7-15(24)12-19(16)28-22(25)17(21)13-23/h6-9,11-12,21H,3-5,10,24-25H2,1-2H3. The SMILES string of the molecule is CCCCCOc1ccc(C2C(C#N)=C(N)Oc3cc(N)ccc32)cc1OC. The third kappa shape index (κ3) is 3.84. The van der Waals surface area contributed by atoms with Gasteiger partial charge in [0.05, 0.1) is 19.6 Å². The molecule has 0 fully saturated rings. The molecule has 0 saturated heterocycles. The Balaban J connectivity index is 1.99. The van der Waals surface area contributed by atoms with Crippen LogP contribution in [-0.4, -0.2) is 13.7 Å². The summed E-state index contributed by atoms with van der Waals surface area (Å²) < 4.78 is 17.0. The number of nitrogens with two attached hydrogens (primary N) is 2. The monoisotopic (exact) mass is 379 g/mol. The molecule has 1 heterocycles. The second kappa shape index (κ2) is 8.57. The Labute approximate surface area is 165 Å². The molecule has 2 aromatic carbocycles. The molecule has 0 bridgehead atoms. The summed E-state index contributed by atoms with van der Waals surface area (Å²) in [6.07, 6.45) is 3.25. The largest absolute Gasteiger partial charge is 0.493 e. The Morgan fingerprint density at radius 1 is 1.11 bits per heavy atom. The Hall–Kier alpha value is -3.33. The van der Waals surface area contributed by atoms with Gasteiger partial charge in [0.1, 0.15) is 17.4 Å². The Kier molecular flexibility index (Phi) is 5.95. The Morgan fingerprint density at radius 2 is 1.93 bits per heavy atom. The van der Waals surface area contributed by atoms with E-state index < -0.39 is 0 Å². The normalized spacial score (nSPS) is 15.4. The number of anilines is 1. The maximum Gasteiger partial charge on any atom is 0.205 e. The minimum Gasteiger partial charge on any atom is -0.493 e. The van der Waals surface area contributed by atoms with E-state index in [1.165, 1.54) is 0 Å². The summed E-state index contributed by atoms with van der Waals surface area (Å²) in [6, 6.07) is 13.2. The summed E-state index contributed by atoms with van der Waals surface area (Å²) in [5.41, 5.74) is 14.5. The lowest BCUT2D eigenvalue weighted by molar-refractivity contribution is 0.286. The summed E-state index contributed by atoms with van der Waals surface area (Å²) in [7, 11) is 1.60. The lowest BCUT2D eigenvalue weighted by atomic mass is 9.83. The summed E-state index contributed by atoms with van der Waals surface area (Å²) in [6.45, 7) is 2.79. The molecule has 0 amide bonds. The Bertz CT molecular complexity index is 931. The molecule has 4 N–H and O–H groups in total. The molecule has 0 saturated carbocycles. The molecule has 0 radical (unpaired) electrons. The van der Waals surface area contributed by atoms with E-state index in [9.17, 15) is 5.26 Å². The first-order chi connectivity index (χ1) is 13.6. The maximum atomic E-state index is 9.67. The first-order valence-electron chi connectivity index (χ1n) is 9.36. The van der Waals surface area contributed by atoms with Crippen LogP contribution in [0.1, 0.15) is 43.2 Å². The van der Waals surface area contributed by atoms with Crippen LogP contribution in [0.25, 0.3) is 0 Å². The molecule has 1 aliphatic heterocycles. The van der Waals surface area contributed by atoms with E-state index >= 15 is 0 Å². The predicted octanol–water partition coefficient (Wildman–Crippen LogP) is 4.06. The number of hydrogen-bond donors (Lipinski definition) is 2. The molecule has 28 heavy (non-hydrogen) atoms. The summed E-state index contributed by atoms with van der Waals surface area (Å²) in [5, 5.41) is 9.67. The fraction of sp³-hybridized carbons (Fsp3) is 0.318. The van der Waals surface area contributed by atoms with Gasteiger partial charge >= 0.3 is 0 Å². The summed E-state index contributed by atoms with van der Waals surface area (Å²) in [4.78, 5) is 0. The van der Waals surface area contributed by atoms with Crippen LogP contribution >= 0.6 is 0 Å². The highest BCUT2D eigenvalue weighted by atomic mass is 16.5. The van der Waals surface area contributed by atoms with Crippen LogP contribution in [0.15, 0.2) is 47.9 Å². The Morgan fingerprint density at radius 3 is 2.64 bits per heavy atom. The van der Waals surface area contributed by atoms with E-state index in [1.807, 2.05) is 24.3 Å². The van der Waals surface area contributed by atoms with Crippen molar-refractivity contribution in [2.45, 2.75) is 32.1 Å². The minimum atomic E-state index is -0.364. The fourth-order valence-corrected chi connectivity index (χ4v) is 3.33. The molecule has 6 nitrogen and oxygen atoms in total. The molecule has 1 aliphatic rings. The zero-order valence-electron chi connectivity index (χ0n) is 16.2. The second-order valence-electron chi connectivity index (χ2n) is 6.69. The van der Waals surface area contributed by atoms with Gasteiger partial charge in [-0.2, -0.15) is 5.26 Å². The average Bonchev–Trinajstić information content (AvgIpc) is 2.70. The van der Waals surface area contributed by atoms with Gasteiger partial charge < -0.3 is 25.7 Å². The number of ether oxygens (including phenoxy) is 3. The van der Waals surface area contributed by atoms with Gasteiger partial charge in [-0.25, -0.2) is 0 Å². The summed E-state index contributed by atoms with van der Waals surface area (Å²) in [5.74, 6) is 1.58. The van der Waals surface area contributed by atoms with Gasteiger partial charge in [0.15, 0.2) is 11.5 Å². The molecular weight excluding hydrogens is 354 g/mol. The van der Waals surface area contributed by atoms with Crippen LogP contribution < -0.4 is 25.7 Å². The lowest BCUT2D eigenvalue weighted by Crippen LogP contribution is -2.21. The number of benzene rings is 2. The molecule has 146 valence electrons. The molecule has 0 spiro atoms. The van der Waals surface area contributed by atoms with Gasteiger partial charge in [0.2, 0.25) is 5.88 Å². The van der Waals surface area contributed by atoms with Crippen LogP contribution in [0, 0.1) is 11.3 Å². The number of unbranched alkanes of at least 4 members (excludes halogenated alkanes) is 2. The number of allylic oxidation sites excluding steroid dienone is 1. The maximum absolute atomic E-state index is 9.67. The second-order valence-corrected chi connectivity index (χ2v) is 6.69. The molecule has 0 aromatic heterocycles. The third-order valence-electron chi connectivity index (χ3n) is 4.77. The van der Waals surface area contributed by atoms with Crippen LogP contribution in [0.4, 0.5) is 5.69 Å². The van der Waals surface area contributed by atoms with Gasteiger partial charge in [-0.15, -0.1) is 0 Å². The molecule has 1 atom stereocenters. The number of nitrogen functional groups attached to an aromatic ring is 1. The molecular formula is C22H25N3O3. The van der Waals surface area contributed by atoms with Gasteiger partial charge in [-0.3, -0.25) is 0 Å². The van der Waals surface area contributed by atoms with Gasteiger partial charge in [0, 0.05) is 17.3 Å². The number of rotatable bonds is 7. The zero-order chi connectivity index (χ0) is 20.1. The van der Waals surface area contributed by atoms with Gasteiger partial charge in [-0.1, -0.05) is 31.9 Å². The third-order valence-corrected chi connectivity index (χ3v) is 4.77. The number of nitrogens with zero attached hydrogens (tertiary/aromatic N) is 1. The average molecular weight is 379 g/mol. The number of fused-ring (bicyclic) bond motifs is 1. The first-order valence-corrected chi connectivity index (χ1v) is 9.36. The number of methoxy groups -OCH3 is 1. The molecule has 3 rings (SSSR count). The summed E-state index contributed by atoms with van der Waals surface area (Å²) >= 11 is 0. The molecule has 6 heteroatoms. The predicted molar refractivity (Wildman–Crippen MR) is 108 cm³/mol.